The van der Waals surface area contributed by atoms with Crippen molar-refractivity contribution in [2.75, 3.05) is 0 Å². The van der Waals surface area contributed by atoms with Crippen LogP contribution in [0.3, 0.4) is 0 Å². The average Bonchev–Trinajstić information content (AvgIpc) is 2.73. The van der Waals surface area contributed by atoms with Gasteiger partial charge in [0.2, 0.25) is 0 Å². The number of halogens is 1. The lowest BCUT2D eigenvalue weighted by atomic mass is 10.1. The van der Waals surface area contributed by atoms with Crippen LogP contribution in [-0.2, 0) is 10.3 Å². The smallest absolute Gasteiger partial charge is 0.170 e. The van der Waals surface area contributed by atoms with Crippen LogP contribution >= 0.6 is 0 Å². The molecular weight excluding hydrogens is 233 g/mol. The first kappa shape index (κ1) is 12.4. The third-order valence-electron chi connectivity index (χ3n) is 2.78. The molecule has 4 nitrogen and oxygen atoms in total. The number of carbonyl (C=O) groups is 1. The SMILES string of the molecule is Cc1cccnc1-c1nn(C(C)(C)C=O)cc1F. The summed E-state index contributed by atoms with van der Waals surface area (Å²) in [4.78, 5) is 15.1. The maximum atomic E-state index is 13.9. The predicted molar refractivity (Wildman–Crippen MR) is 65.5 cm³/mol. The highest BCUT2D eigenvalue weighted by Crippen LogP contribution is 2.24. The first-order chi connectivity index (χ1) is 8.45. The number of carbonyl (C=O) groups excluding carboxylic acids is 1. The van der Waals surface area contributed by atoms with Crippen molar-refractivity contribution in [3.05, 3.63) is 35.9 Å². The lowest BCUT2D eigenvalue weighted by Gasteiger charge is -2.16. The number of hydrogen-bond acceptors (Lipinski definition) is 3. The third-order valence-corrected chi connectivity index (χ3v) is 2.78. The molecule has 0 saturated heterocycles. The Morgan fingerprint density at radius 2 is 2.11 bits per heavy atom. The Morgan fingerprint density at radius 1 is 1.39 bits per heavy atom. The fourth-order valence-electron chi connectivity index (χ4n) is 1.60. The molecule has 0 atom stereocenters. The Labute approximate surface area is 104 Å². The van der Waals surface area contributed by atoms with E-state index in [2.05, 4.69) is 10.1 Å². The lowest BCUT2D eigenvalue weighted by molar-refractivity contribution is -0.114. The molecule has 0 fully saturated rings. The maximum absolute atomic E-state index is 13.9. The number of aromatic nitrogens is 3. The molecule has 2 heterocycles. The van der Waals surface area contributed by atoms with E-state index in [9.17, 15) is 9.18 Å². The maximum Gasteiger partial charge on any atom is 0.170 e. The minimum Gasteiger partial charge on any atom is -0.301 e. The molecule has 18 heavy (non-hydrogen) atoms. The van der Waals surface area contributed by atoms with Crippen molar-refractivity contribution >= 4 is 6.29 Å². The van der Waals surface area contributed by atoms with Gasteiger partial charge in [0.25, 0.3) is 0 Å². The average molecular weight is 247 g/mol. The quantitative estimate of drug-likeness (QED) is 0.782. The van der Waals surface area contributed by atoms with Crippen LogP contribution in [0.4, 0.5) is 4.39 Å². The molecular formula is C13H14FN3O. The summed E-state index contributed by atoms with van der Waals surface area (Å²) < 4.78 is 15.2. The van der Waals surface area contributed by atoms with Crippen LogP contribution in [0.5, 0.6) is 0 Å². The van der Waals surface area contributed by atoms with Gasteiger partial charge in [-0.05, 0) is 32.4 Å². The number of hydrogen-bond donors (Lipinski definition) is 0. The topological polar surface area (TPSA) is 47.8 Å². The van der Waals surface area contributed by atoms with Gasteiger partial charge in [-0.15, -0.1) is 0 Å². The fourth-order valence-corrected chi connectivity index (χ4v) is 1.60. The van der Waals surface area contributed by atoms with Crippen LogP contribution in [0.1, 0.15) is 19.4 Å². The van der Waals surface area contributed by atoms with Crippen molar-refractivity contribution in [3.63, 3.8) is 0 Å². The summed E-state index contributed by atoms with van der Waals surface area (Å²) >= 11 is 0. The van der Waals surface area contributed by atoms with Gasteiger partial charge in [-0.1, -0.05) is 6.07 Å². The molecule has 0 aliphatic rings. The van der Waals surface area contributed by atoms with Gasteiger partial charge >= 0.3 is 0 Å². The zero-order valence-corrected chi connectivity index (χ0v) is 10.5. The fraction of sp³-hybridized carbons (Fsp3) is 0.308. The minimum atomic E-state index is -0.873. The van der Waals surface area contributed by atoms with E-state index in [1.807, 2.05) is 13.0 Å². The normalized spacial score (nSPS) is 11.6. The highest BCUT2D eigenvalue weighted by Gasteiger charge is 2.24. The summed E-state index contributed by atoms with van der Waals surface area (Å²) in [5, 5.41) is 4.13. The van der Waals surface area contributed by atoms with E-state index in [4.69, 9.17) is 0 Å². The molecule has 2 rings (SSSR count). The molecule has 2 aromatic rings. The highest BCUT2D eigenvalue weighted by molar-refractivity contribution is 5.62. The number of aldehydes is 1. The van der Waals surface area contributed by atoms with Gasteiger partial charge in [-0.2, -0.15) is 5.10 Å². The van der Waals surface area contributed by atoms with E-state index in [0.29, 0.717) is 5.69 Å². The van der Waals surface area contributed by atoms with Gasteiger partial charge in [0, 0.05) is 6.20 Å². The van der Waals surface area contributed by atoms with E-state index in [0.717, 1.165) is 11.8 Å². The molecule has 0 aromatic carbocycles. The van der Waals surface area contributed by atoms with Crippen molar-refractivity contribution in [3.8, 4) is 11.4 Å². The molecule has 5 heteroatoms. The molecule has 0 N–H and O–H groups in total. The third kappa shape index (κ3) is 2.03. The van der Waals surface area contributed by atoms with Crippen LogP contribution < -0.4 is 0 Å². The number of pyridine rings is 1. The summed E-state index contributed by atoms with van der Waals surface area (Å²) in [7, 11) is 0. The zero-order valence-electron chi connectivity index (χ0n) is 10.5. The van der Waals surface area contributed by atoms with Gasteiger partial charge in [-0.3, -0.25) is 9.67 Å². The largest absolute Gasteiger partial charge is 0.301 e. The molecule has 94 valence electrons. The second-order valence-corrected chi connectivity index (χ2v) is 4.71. The molecule has 0 bridgehead atoms. The van der Waals surface area contributed by atoms with Crippen molar-refractivity contribution < 1.29 is 9.18 Å². The van der Waals surface area contributed by atoms with Crippen LogP contribution in [0.25, 0.3) is 11.4 Å². The first-order valence-corrected chi connectivity index (χ1v) is 5.59. The molecule has 0 aliphatic heterocycles. The molecule has 2 aromatic heterocycles. The second kappa shape index (κ2) is 4.33. The molecule has 0 spiro atoms. The van der Waals surface area contributed by atoms with Crippen LogP contribution in [0.15, 0.2) is 24.5 Å². The van der Waals surface area contributed by atoms with E-state index in [1.165, 1.54) is 10.9 Å². The number of aryl methyl sites for hydroxylation is 1. The van der Waals surface area contributed by atoms with E-state index in [1.54, 1.807) is 26.1 Å². The predicted octanol–water partition coefficient (Wildman–Crippen LogP) is 2.33. The molecule has 0 aliphatic carbocycles. The summed E-state index contributed by atoms with van der Waals surface area (Å²) in [5.74, 6) is -0.480. The Bertz CT molecular complexity index is 590. The summed E-state index contributed by atoms with van der Waals surface area (Å²) in [6.07, 6.45) is 3.54. The van der Waals surface area contributed by atoms with Gasteiger partial charge in [0.05, 0.1) is 11.9 Å². The Morgan fingerprint density at radius 3 is 2.72 bits per heavy atom. The van der Waals surface area contributed by atoms with Crippen molar-refractivity contribution in [2.24, 2.45) is 0 Å². The van der Waals surface area contributed by atoms with Gasteiger partial charge < -0.3 is 4.79 Å². The van der Waals surface area contributed by atoms with E-state index < -0.39 is 11.4 Å². The van der Waals surface area contributed by atoms with Crippen molar-refractivity contribution in [1.29, 1.82) is 0 Å². The number of rotatable bonds is 3. The molecule has 0 radical (unpaired) electrons. The Kier molecular flexibility index (Phi) is 2.98. The molecule has 0 amide bonds. The van der Waals surface area contributed by atoms with Gasteiger partial charge in [0.15, 0.2) is 5.82 Å². The first-order valence-electron chi connectivity index (χ1n) is 5.59. The van der Waals surface area contributed by atoms with Crippen molar-refractivity contribution in [2.45, 2.75) is 26.3 Å². The Hall–Kier alpha value is -2.04. The summed E-state index contributed by atoms with van der Waals surface area (Å²) in [5.41, 5.74) is 0.630. The monoisotopic (exact) mass is 247 g/mol. The zero-order chi connectivity index (χ0) is 13.3. The molecule has 0 unspecified atom stereocenters. The van der Waals surface area contributed by atoms with E-state index >= 15 is 0 Å². The minimum absolute atomic E-state index is 0.169. The second-order valence-electron chi connectivity index (χ2n) is 4.71. The van der Waals surface area contributed by atoms with Crippen LogP contribution in [0, 0.1) is 12.7 Å². The van der Waals surface area contributed by atoms with Gasteiger partial charge in [0.1, 0.15) is 17.5 Å². The highest BCUT2D eigenvalue weighted by atomic mass is 19.1. The number of nitrogens with zero attached hydrogens (tertiary/aromatic N) is 3. The van der Waals surface area contributed by atoms with Crippen molar-refractivity contribution in [1.82, 2.24) is 14.8 Å². The van der Waals surface area contributed by atoms with Gasteiger partial charge in [-0.25, -0.2) is 4.39 Å². The van der Waals surface area contributed by atoms with Crippen LogP contribution in [-0.4, -0.2) is 21.1 Å². The summed E-state index contributed by atoms with van der Waals surface area (Å²) in [6, 6.07) is 3.62. The lowest BCUT2D eigenvalue weighted by Crippen LogP contribution is -2.28. The van der Waals surface area contributed by atoms with E-state index in [-0.39, 0.29) is 5.69 Å². The summed E-state index contributed by atoms with van der Waals surface area (Å²) in [6.45, 7) is 5.18. The Balaban J connectivity index is 2.55. The standard InChI is InChI=1S/C13H14FN3O/c1-9-5-4-6-15-11(9)12-10(14)7-17(16-12)13(2,3)8-18/h4-8H,1-3H3. The van der Waals surface area contributed by atoms with Crippen LogP contribution in [0.2, 0.25) is 0 Å². The molecule has 0 saturated carbocycles.